The van der Waals surface area contributed by atoms with E-state index in [4.69, 9.17) is 5.73 Å². The molecule has 84 valence electrons. The van der Waals surface area contributed by atoms with Crippen LogP contribution in [0.4, 0.5) is 0 Å². The Hall–Kier alpha value is -0.770. The molecule has 4 rings (SSSR count). The van der Waals surface area contributed by atoms with Gasteiger partial charge in [-0.05, 0) is 44.7 Å². The topological polar surface area (TPSA) is 53.6 Å². The summed E-state index contributed by atoms with van der Waals surface area (Å²) in [5.41, 5.74) is 5.90. The number of aliphatic imine (C=N–C) groups is 1. The zero-order valence-electron chi connectivity index (χ0n) is 9.15. The molecule has 4 heteroatoms. The van der Waals surface area contributed by atoms with E-state index in [1.165, 1.54) is 38.8 Å². The highest BCUT2D eigenvalue weighted by Crippen LogP contribution is 2.29. The predicted octanol–water partition coefficient (Wildman–Crippen LogP) is 0.147. The molecule has 0 aromatic heterocycles. The molecule has 0 spiro atoms. The lowest BCUT2D eigenvalue weighted by atomic mass is 9.84. The van der Waals surface area contributed by atoms with E-state index in [0.717, 1.165) is 12.5 Å². The minimum Gasteiger partial charge on any atom is -0.370 e. The van der Waals surface area contributed by atoms with Gasteiger partial charge in [-0.15, -0.1) is 0 Å². The third-order valence-electron chi connectivity index (χ3n) is 3.86. The van der Waals surface area contributed by atoms with Gasteiger partial charge in [-0.2, -0.15) is 0 Å². The van der Waals surface area contributed by atoms with Gasteiger partial charge in [0.2, 0.25) is 0 Å². The first kappa shape index (κ1) is 9.46. The van der Waals surface area contributed by atoms with E-state index in [0.29, 0.717) is 18.0 Å². The number of nitrogens with two attached hydrogens (primary N) is 1. The van der Waals surface area contributed by atoms with Crippen LogP contribution in [0.15, 0.2) is 4.99 Å². The summed E-state index contributed by atoms with van der Waals surface area (Å²) in [6, 6.07) is 1.08. The molecule has 15 heavy (non-hydrogen) atoms. The lowest BCUT2D eigenvalue weighted by Crippen LogP contribution is -2.50. The van der Waals surface area contributed by atoms with Crippen molar-refractivity contribution in [1.82, 2.24) is 10.2 Å². The van der Waals surface area contributed by atoms with Crippen molar-refractivity contribution >= 4 is 5.96 Å². The molecule has 0 aromatic carbocycles. The molecule has 3 heterocycles. The summed E-state index contributed by atoms with van der Waals surface area (Å²) in [5.74, 6) is 1.46. The minimum absolute atomic E-state index is 0.457. The van der Waals surface area contributed by atoms with Crippen molar-refractivity contribution < 1.29 is 0 Å². The first-order valence-electron chi connectivity index (χ1n) is 6.13. The molecule has 4 nitrogen and oxygen atoms in total. The molecule has 1 saturated carbocycles. The maximum Gasteiger partial charge on any atom is 0.189 e. The molecule has 4 aliphatic rings. The lowest BCUT2D eigenvalue weighted by Gasteiger charge is -2.43. The number of piperidine rings is 3. The number of fused-ring (bicyclic) bond motifs is 3. The Balaban J connectivity index is 1.61. The van der Waals surface area contributed by atoms with Crippen LogP contribution in [-0.2, 0) is 0 Å². The summed E-state index contributed by atoms with van der Waals surface area (Å²) in [5, 5.41) is 3.27. The lowest BCUT2D eigenvalue weighted by molar-refractivity contribution is 0.0904. The molecule has 0 amide bonds. The number of hydrogen-bond acceptors (Lipinski definition) is 2. The van der Waals surface area contributed by atoms with Gasteiger partial charge < -0.3 is 16.0 Å². The maximum absolute atomic E-state index is 5.90. The summed E-state index contributed by atoms with van der Waals surface area (Å²) in [4.78, 5) is 7.15. The van der Waals surface area contributed by atoms with Crippen molar-refractivity contribution in [3.8, 4) is 0 Å². The molecule has 0 radical (unpaired) electrons. The summed E-state index contributed by atoms with van der Waals surface area (Å²) >= 11 is 0. The van der Waals surface area contributed by atoms with Crippen molar-refractivity contribution in [1.29, 1.82) is 0 Å². The van der Waals surface area contributed by atoms with Gasteiger partial charge in [0.1, 0.15) is 0 Å². The average Bonchev–Trinajstić information content (AvgIpc) is 3.03. The van der Waals surface area contributed by atoms with Crippen LogP contribution in [0, 0.1) is 5.92 Å². The van der Waals surface area contributed by atoms with Crippen LogP contribution in [-0.4, -0.2) is 42.6 Å². The SMILES string of the molecule is NC(=NC1CN2CCC1CC2)NC1CC1. The van der Waals surface area contributed by atoms with E-state index >= 15 is 0 Å². The van der Waals surface area contributed by atoms with E-state index in [-0.39, 0.29) is 0 Å². The highest BCUT2D eigenvalue weighted by atomic mass is 15.2. The molecular formula is C11H20N4. The number of rotatable bonds is 2. The van der Waals surface area contributed by atoms with Crippen LogP contribution >= 0.6 is 0 Å². The summed E-state index contributed by atoms with van der Waals surface area (Å²) in [6.07, 6.45) is 5.14. The molecule has 2 bridgehead atoms. The van der Waals surface area contributed by atoms with Crippen LogP contribution < -0.4 is 11.1 Å². The second-order valence-electron chi connectivity index (χ2n) is 5.14. The van der Waals surface area contributed by atoms with Crippen molar-refractivity contribution in [3.63, 3.8) is 0 Å². The number of hydrogen-bond donors (Lipinski definition) is 2. The molecule has 3 saturated heterocycles. The molecule has 1 unspecified atom stereocenters. The second kappa shape index (κ2) is 3.67. The zero-order chi connectivity index (χ0) is 10.3. The van der Waals surface area contributed by atoms with Crippen LogP contribution in [0.3, 0.4) is 0 Å². The monoisotopic (exact) mass is 208 g/mol. The van der Waals surface area contributed by atoms with Gasteiger partial charge in [-0.1, -0.05) is 0 Å². The Morgan fingerprint density at radius 3 is 2.47 bits per heavy atom. The van der Waals surface area contributed by atoms with Gasteiger partial charge in [0.05, 0.1) is 6.04 Å². The van der Waals surface area contributed by atoms with E-state index in [1.807, 2.05) is 0 Å². The predicted molar refractivity (Wildman–Crippen MR) is 60.7 cm³/mol. The van der Waals surface area contributed by atoms with E-state index < -0.39 is 0 Å². The Bertz CT molecular complexity index is 264. The largest absolute Gasteiger partial charge is 0.370 e. The van der Waals surface area contributed by atoms with Crippen LogP contribution in [0.5, 0.6) is 0 Å². The summed E-state index contributed by atoms with van der Waals surface area (Å²) in [7, 11) is 0. The Labute approximate surface area is 90.9 Å². The van der Waals surface area contributed by atoms with Gasteiger partial charge in [0, 0.05) is 12.6 Å². The Morgan fingerprint density at radius 1 is 1.20 bits per heavy atom. The number of nitrogens with zero attached hydrogens (tertiary/aromatic N) is 2. The molecular weight excluding hydrogens is 188 g/mol. The fraction of sp³-hybridized carbons (Fsp3) is 0.909. The van der Waals surface area contributed by atoms with E-state index in [1.54, 1.807) is 0 Å². The van der Waals surface area contributed by atoms with Crippen LogP contribution in [0.25, 0.3) is 0 Å². The van der Waals surface area contributed by atoms with Gasteiger partial charge in [0.25, 0.3) is 0 Å². The van der Waals surface area contributed by atoms with Gasteiger partial charge in [-0.25, -0.2) is 4.99 Å². The second-order valence-corrected chi connectivity index (χ2v) is 5.14. The summed E-state index contributed by atoms with van der Waals surface area (Å²) in [6.45, 7) is 3.66. The average molecular weight is 208 g/mol. The van der Waals surface area contributed by atoms with Crippen molar-refractivity contribution in [2.24, 2.45) is 16.6 Å². The molecule has 3 N–H and O–H groups in total. The van der Waals surface area contributed by atoms with Crippen LogP contribution in [0.1, 0.15) is 25.7 Å². The number of nitrogens with one attached hydrogen (secondary N) is 1. The highest BCUT2D eigenvalue weighted by molar-refractivity contribution is 5.78. The first-order chi connectivity index (χ1) is 7.31. The van der Waals surface area contributed by atoms with Gasteiger partial charge in [0.15, 0.2) is 5.96 Å². The molecule has 1 atom stereocenters. The maximum atomic E-state index is 5.90. The van der Waals surface area contributed by atoms with Crippen molar-refractivity contribution in [2.75, 3.05) is 19.6 Å². The standard InChI is InChI=1S/C11H20N4/c12-11(13-9-1-2-9)14-10-7-15-5-3-8(10)4-6-15/h8-10H,1-7H2,(H3,12,13,14). The first-order valence-corrected chi connectivity index (χ1v) is 6.13. The molecule has 4 fully saturated rings. The quantitative estimate of drug-likeness (QED) is 0.501. The van der Waals surface area contributed by atoms with Crippen molar-refractivity contribution in [2.45, 2.75) is 37.8 Å². The molecule has 3 aliphatic heterocycles. The third-order valence-corrected chi connectivity index (χ3v) is 3.86. The molecule has 0 aromatic rings. The normalized spacial score (nSPS) is 40.5. The number of guanidine groups is 1. The van der Waals surface area contributed by atoms with E-state index in [9.17, 15) is 0 Å². The van der Waals surface area contributed by atoms with Crippen molar-refractivity contribution in [3.05, 3.63) is 0 Å². The zero-order valence-corrected chi connectivity index (χ0v) is 9.15. The Morgan fingerprint density at radius 2 is 1.93 bits per heavy atom. The van der Waals surface area contributed by atoms with Gasteiger partial charge >= 0.3 is 0 Å². The third kappa shape index (κ3) is 2.09. The minimum atomic E-state index is 0.457. The summed E-state index contributed by atoms with van der Waals surface area (Å²) < 4.78 is 0. The smallest absolute Gasteiger partial charge is 0.189 e. The van der Waals surface area contributed by atoms with E-state index in [2.05, 4.69) is 15.2 Å². The molecule has 1 aliphatic carbocycles. The Kier molecular flexibility index (Phi) is 2.31. The van der Waals surface area contributed by atoms with Crippen LogP contribution in [0.2, 0.25) is 0 Å². The van der Waals surface area contributed by atoms with Gasteiger partial charge in [-0.3, -0.25) is 0 Å². The highest BCUT2D eigenvalue weighted by Gasteiger charge is 2.34. The fourth-order valence-corrected chi connectivity index (χ4v) is 2.73. The fourth-order valence-electron chi connectivity index (χ4n) is 2.73.